The highest BCUT2D eigenvalue weighted by molar-refractivity contribution is 7.92. The summed E-state index contributed by atoms with van der Waals surface area (Å²) in [5, 5.41) is 11.7. The maximum absolute atomic E-state index is 14.4. The molecule has 0 aliphatic carbocycles. The van der Waals surface area contributed by atoms with Crippen molar-refractivity contribution in [2.45, 2.75) is 23.8 Å². The van der Waals surface area contributed by atoms with Crippen LogP contribution in [0.4, 0.5) is 15.8 Å². The van der Waals surface area contributed by atoms with Crippen LogP contribution in [0, 0.1) is 17.1 Å². The van der Waals surface area contributed by atoms with Gasteiger partial charge in [0, 0.05) is 12.2 Å². The number of hydrogen-bond donors (Lipinski definition) is 1. The molecular formula is C27H24ClFN4O4S. The van der Waals surface area contributed by atoms with Crippen molar-refractivity contribution in [2.75, 3.05) is 35.8 Å². The first-order valence-electron chi connectivity index (χ1n) is 12.1. The first-order chi connectivity index (χ1) is 18.3. The fourth-order valence-corrected chi connectivity index (χ4v) is 6.42. The molecule has 1 atom stereocenters. The lowest BCUT2D eigenvalue weighted by atomic mass is 10.1. The number of halogens is 2. The predicted molar refractivity (Wildman–Crippen MR) is 142 cm³/mol. The number of sulfonamides is 1. The fraction of sp³-hybridized carbons (Fsp3) is 0.259. The highest BCUT2D eigenvalue weighted by atomic mass is 35.5. The van der Waals surface area contributed by atoms with Crippen LogP contribution in [0.5, 0.6) is 5.75 Å². The van der Waals surface area contributed by atoms with E-state index in [0.29, 0.717) is 12.3 Å². The Kier molecular flexibility index (Phi) is 7.25. The molecule has 2 aliphatic rings. The number of amides is 1. The third-order valence-electron chi connectivity index (χ3n) is 6.56. The van der Waals surface area contributed by atoms with E-state index in [1.165, 1.54) is 52.8 Å². The average molecular weight is 555 g/mol. The first kappa shape index (κ1) is 26.0. The van der Waals surface area contributed by atoms with Crippen LogP contribution in [0.25, 0.3) is 0 Å². The normalized spacial score (nSPS) is 17.4. The molecule has 0 spiro atoms. The van der Waals surface area contributed by atoms with E-state index in [1.807, 2.05) is 6.07 Å². The second-order valence-corrected chi connectivity index (χ2v) is 11.4. The van der Waals surface area contributed by atoms with E-state index in [-0.39, 0.29) is 39.0 Å². The Hall–Kier alpha value is -3.65. The highest BCUT2D eigenvalue weighted by Crippen LogP contribution is 2.39. The number of fused-ring (bicyclic) bond motifs is 1. The first-order valence-corrected chi connectivity index (χ1v) is 13.9. The Morgan fingerprint density at radius 2 is 1.89 bits per heavy atom. The van der Waals surface area contributed by atoms with Crippen molar-refractivity contribution in [1.29, 1.82) is 5.26 Å². The van der Waals surface area contributed by atoms with Gasteiger partial charge in [-0.05, 0) is 74.5 Å². The van der Waals surface area contributed by atoms with Crippen molar-refractivity contribution < 1.29 is 22.3 Å². The molecule has 1 saturated heterocycles. The Balaban J connectivity index is 1.50. The molecule has 3 aromatic rings. The van der Waals surface area contributed by atoms with Crippen LogP contribution in [0.2, 0.25) is 5.02 Å². The maximum Gasteiger partial charge on any atom is 0.264 e. The van der Waals surface area contributed by atoms with Crippen LogP contribution in [0.15, 0.2) is 65.6 Å². The molecule has 2 aliphatic heterocycles. The Labute approximate surface area is 225 Å². The lowest BCUT2D eigenvalue weighted by Crippen LogP contribution is -2.48. The summed E-state index contributed by atoms with van der Waals surface area (Å²) in [7, 11) is -4.09. The molecule has 2 heterocycles. The van der Waals surface area contributed by atoms with Gasteiger partial charge in [-0.2, -0.15) is 5.26 Å². The van der Waals surface area contributed by atoms with E-state index in [1.54, 1.807) is 12.1 Å². The number of hydrogen-bond acceptors (Lipinski definition) is 6. The van der Waals surface area contributed by atoms with Crippen molar-refractivity contribution in [2.24, 2.45) is 0 Å². The van der Waals surface area contributed by atoms with Gasteiger partial charge in [0.25, 0.3) is 15.9 Å². The van der Waals surface area contributed by atoms with Crippen LogP contribution in [-0.4, -0.2) is 51.5 Å². The Bertz CT molecular complexity index is 1540. The van der Waals surface area contributed by atoms with Crippen LogP contribution in [0.1, 0.15) is 28.8 Å². The summed E-state index contributed by atoms with van der Waals surface area (Å²) in [5.74, 6) is -1.24. The van der Waals surface area contributed by atoms with E-state index in [4.69, 9.17) is 16.3 Å². The Morgan fingerprint density at radius 3 is 2.66 bits per heavy atom. The van der Waals surface area contributed by atoms with Crippen LogP contribution in [0.3, 0.4) is 0 Å². The molecule has 0 saturated carbocycles. The molecule has 1 fully saturated rings. The standard InChI is InChI=1S/C27H24ClFN4O4S/c28-23-8-4-7-22(26(23)29)27(34)31-19-9-10-25-24(14-19)33(17-20(37-25)16-32-11-1-2-12-32)38(35,36)21-6-3-5-18(13-21)15-30/h3-10,13-14,20H,1-2,11-12,16-17H2,(H,31,34). The molecule has 196 valence electrons. The quantitative estimate of drug-likeness (QED) is 0.475. The van der Waals surface area contributed by atoms with Gasteiger partial charge in [-0.15, -0.1) is 0 Å². The molecule has 0 aromatic heterocycles. The fourth-order valence-electron chi connectivity index (χ4n) is 4.70. The lowest BCUT2D eigenvalue weighted by molar-refractivity contribution is 0.102. The average Bonchev–Trinajstić information content (AvgIpc) is 3.43. The highest BCUT2D eigenvalue weighted by Gasteiger charge is 2.36. The third-order valence-corrected chi connectivity index (χ3v) is 8.62. The smallest absolute Gasteiger partial charge is 0.264 e. The zero-order chi connectivity index (χ0) is 26.9. The van der Waals surface area contributed by atoms with Crippen molar-refractivity contribution in [3.05, 3.63) is 82.6 Å². The molecule has 3 aromatic carbocycles. The molecule has 1 N–H and O–H groups in total. The second-order valence-electron chi connectivity index (χ2n) is 9.16. The summed E-state index contributed by atoms with van der Waals surface area (Å²) in [4.78, 5) is 15.0. The van der Waals surface area contributed by atoms with E-state index in [9.17, 15) is 22.9 Å². The molecule has 0 bridgehead atoms. The molecule has 5 rings (SSSR count). The summed E-state index contributed by atoms with van der Waals surface area (Å²) >= 11 is 5.81. The van der Waals surface area contributed by atoms with Gasteiger partial charge in [0.05, 0.1) is 39.3 Å². The molecule has 38 heavy (non-hydrogen) atoms. The molecule has 1 amide bonds. The zero-order valence-corrected chi connectivity index (χ0v) is 21.8. The summed E-state index contributed by atoms with van der Waals surface area (Å²) in [6.07, 6.45) is 1.75. The minimum atomic E-state index is -4.09. The third kappa shape index (κ3) is 5.18. The van der Waals surface area contributed by atoms with Gasteiger partial charge < -0.3 is 10.1 Å². The maximum atomic E-state index is 14.4. The lowest BCUT2D eigenvalue weighted by Gasteiger charge is -2.37. The number of likely N-dealkylation sites (tertiary alicyclic amines) is 1. The molecular weight excluding hydrogens is 531 g/mol. The number of nitrogens with one attached hydrogen (secondary N) is 1. The molecule has 11 heteroatoms. The summed E-state index contributed by atoms with van der Waals surface area (Å²) in [5.41, 5.74) is 0.461. The van der Waals surface area contributed by atoms with Crippen molar-refractivity contribution in [3.63, 3.8) is 0 Å². The van der Waals surface area contributed by atoms with Crippen LogP contribution < -0.4 is 14.4 Å². The minimum absolute atomic E-state index is 0.0280. The number of nitriles is 1. The van der Waals surface area contributed by atoms with Crippen molar-refractivity contribution in [3.8, 4) is 11.8 Å². The largest absolute Gasteiger partial charge is 0.485 e. The van der Waals surface area contributed by atoms with Gasteiger partial charge in [0.15, 0.2) is 5.82 Å². The number of nitrogens with zero attached hydrogens (tertiary/aromatic N) is 3. The number of rotatable bonds is 6. The predicted octanol–water partition coefficient (Wildman–Crippen LogP) is 4.66. The van der Waals surface area contributed by atoms with Crippen molar-refractivity contribution in [1.82, 2.24) is 4.90 Å². The summed E-state index contributed by atoms with van der Waals surface area (Å²) in [6, 6.07) is 16.5. The molecule has 0 radical (unpaired) electrons. The number of carbonyl (C=O) groups excluding carboxylic acids is 1. The van der Waals surface area contributed by atoms with Gasteiger partial charge in [0.2, 0.25) is 0 Å². The van der Waals surface area contributed by atoms with Gasteiger partial charge >= 0.3 is 0 Å². The summed E-state index contributed by atoms with van der Waals surface area (Å²) < 4.78 is 49.5. The van der Waals surface area contributed by atoms with Crippen molar-refractivity contribution >= 4 is 38.9 Å². The summed E-state index contributed by atoms with van der Waals surface area (Å²) in [6.45, 7) is 2.46. The van der Waals surface area contributed by atoms with Gasteiger partial charge in [-0.3, -0.25) is 14.0 Å². The second kappa shape index (κ2) is 10.6. The van der Waals surface area contributed by atoms with Gasteiger partial charge in [0.1, 0.15) is 11.9 Å². The molecule has 8 nitrogen and oxygen atoms in total. The molecule has 1 unspecified atom stereocenters. The number of benzene rings is 3. The van der Waals surface area contributed by atoms with E-state index < -0.39 is 27.9 Å². The van der Waals surface area contributed by atoms with E-state index in [0.717, 1.165) is 25.9 Å². The number of anilines is 2. The topological polar surface area (TPSA) is 103 Å². The van der Waals surface area contributed by atoms with Gasteiger partial charge in [-0.25, -0.2) is 12.8 Å². The Morgan fingerprint density at radius 1 is 1.13 bits per heavy atom. The van der Waals surface area contributed by atoms with Crippen LogP contribution >= 0.6 is 11.6 Å². The van der Waals surface area contributed by atoms with E-state index >= 15 is 0 Å². The SMILES string of the molecule is N#Cc1cccc(S(=O)(=O)N2CC(CN3CCCC3)Oc3ccc(NC(=O)c4cccc(Cl)c4F)cc32)c1. The van der Waals surface area contributed by atoms with E-state index in [2.05, 4.69) is 10.2 Å². The monoisotopic (exact) mass is 554 g/mol. The minimum Gasteiger partial charge on any atom is -0.485 e. The number of ether oxygens (including phenoxy) is 1. The van der Waals surface area contributed by atoms with Gasteiger partial charge in [-0.1, -0.05) is 23.7 Å². The van der Waals surface area contributed by atoms with Crippen LogP contribution in [-0.2, 0) is 10.0 Å². The zero-order valence-electron chi connectivity index (χ0n) is 20.2. The number of carbonyl (C=O) groups is 1.